The molecule has 0 aromatic heterocycles. The molecule has 2 amide bonds. The number of methoxy groups -OCH3 is 1. The quantitative estimate of drug-likeness (QED) is 0.264. The third kappa shape index (κ3) is 13.3. The van der Waals surface area contributed by atoms with Crippen molar-refractivity contribution in [2.75, 3.05) is 7.11 Å². The van der Waals surface area contributed by atoms with E-state index < -0.39 is 23.8 Å². The van der Waals surface area contributed by atoms with Gasteiger partial charge >= 0.3 is 5.97 Å². The molecule has 0 fully saturated rings. The number of rotatable bonds is 12. The molecule has 0 heterocycles. The first-order valence-corrected chi connectivity index (χ1v) is 10.1. The number of carbonyl (C=O) groups is 3. The van der Waals surface area contributed by atoms with Crippen molar-refractivity contribution in [3.8, 4) is 0 Å². The maximum absolute atomic E-state index is 12.2. The highest BCUT2D eigenvalue weighted by molar-refractivity contribution is 9.11. The summed E-state index contributed by atoms with van der Waals surface area (Å²) in [5, 5.41) is 2.56. The molecule has 28 heavy (non-hydrogen) atoms. The van der Waals surface area contributed by atoms with Crippen molar-refractivity contribution in [1.29, 1.82) is 0 Å². The van der Waals surface area contributed by atoms with E-state index in [0.29, 0.717) is 0 Å². The van der Waals surface area contributed by atoms with Crippen LogP contribution in [0.25, 0.3) is 0 Å². The van der Waals surface area contributed by atoms with Crippen molar-refractivity contribution in [3.63, 3.8) is 0 Å². The van der Waals surface area contributed by atoms with Gasteiger partial charge in [-0.15, -0.1) is 0 Å². The molecule has 1 atom stereocenters. The molecule has 0 aliphatic rings. The fourth-order valence-corrected chi connectivity index (χ4v) is 2.53. The maximum atomic E-state index is 12.2. The predicted octanol–water partition coefficient (Wildman–Crippen LogP) is 3.91. The van der Waals surface area contributed by atoms with Crippen LogP contribution >= 0.6 is 15.9 Å². The number of nitrogens with one attached hydrogen (secondary N) is 1. The summed E-state index contributed by atoms with van der Waals surface area (Å²) in [5.74, 6) is -1.55. The van der Waals surface area contributed by atoms with Gasteiger partial charge in [-0.2, -0.15) is 0 Å². The zero-order valence-corrected chi connectivity index (χ0v) is 19.1. The van der Waals surface area contributed by atoms with Gasteiger partial charge in [0.15, 0.2) is 0 Å². The molecular formula is C21H33BrN2O4. The van der Waals surface area contributed by atoms with Crippen molar-refractivity contribution < 1.29 is 19.1 Å². The van der Waals surface area contributed by atoms with Crippen LogP contribution in [0.1, 0.15) is 59.8 Å². The molecule has 7 heteroatoms. The van der Waals surface area contributed by atoms with Gasteiger partial charge in [0.05, 0.1) is 7.11 Å². The Morgan fingerprint density at radius 3 is 2.36 bits per heavy atom. The van der Waals surface area contributed by atoms with Gasteiger partial charge in [-0.05, 0) is 55.5 Å². The molecular weight excluding hydrogens is 424 g/mol. The van der Waals surface area contributed by atoms with Gasteiger partial charge < -0.3 is 15.8 Å². The molecule has 6 nitrogen and oxygen atoms in total. The molecule has 0 spiro atoms. The van der Waals surface area contributed by atoms with E-state index in [4.69, 9.17) is 5.73 Å². The molecule has 0 rings (SSSR count). The lowest BCUT2D eigenvalue weighted by molar-refractivity contribution is -0.144. The number of allylic oxidation sites excluding steroid dienone is 5. The SMILES string of the molecule is COC(=O)[C@H](CCC(N)=O)NC(=O)/C=C/C(C)(C)C/C=C(\C)CC/C=C(\C)Br. The summed E-state index contributed by atoms with van der Waals surface area (Å²) in [4.78, 5) is 34.8. The van der Waals surface area contributed by atoms with Gasteiger partial charge in [0.25, 0.3) is 0 Å². The largest absolute Gasteiger partial charge is 0.467 e. The number of hydrogen-bond donors (Lipinski definition) is 2. The molecule has 0 aromatic rings. The Morgan fingerprint density at radius 1 is 1.18 bits per heavy atom. The number of ether oxygens (including phenoxy) is 1. The number of carbonyl (C=O) groups excluding carboxylic acids is 3. The molecule has 3 N–H and O–H groups in total. The molecule has 158 valence electrons. The van der Waals surface area contributed by atoms with Crippen molar-refractivity contribution in [1.82, 2.24) is 5.32 Å². The lowest BCUT2D eigenvalue weighted by Gasteiger charge is -2.19. The number of primary amides is 1. The zero-order chi connectivity index (χ0) is 21.7. The van der Waals surface area contributed by atoms with Crippen LogP contribution in [0.4, 0.5) is 0 Å². The minimum absolute atomic E-state index is 0.0108. The Morgan fingerprint density at radius 2 is 1.82 bits per heavy atom. The monoisotopic (exact) mass is 456 g/mol. The average molecular weight is 457 g/mol. The first-order valence-electron chi connectivity index (χ1n) is 9.30. The van der Waals surface area contributed by atoms with Gasteiger partial charge in [-0.25, -0.2) is 4.79 Å². The van der Waals surface area contributed by atoms with Crippen LogP contribution in [0.3, 0.4) is 0 Å². The number of hydrogen-bond acceptors (Lipinski definition) is 4. The van der Waals surface area contributed by atoms with E-state index in [-0.39, 0.29) is 18.3 Å². The molecule has 0 saturated carbocycles. The van der Waals surface area contributed by atoms with Crippen molar-refractivity contribution in [2.45, 2.75) is 65.8 Å². The van der Waals surface area contributed by atoms with Crippen LogP contribution in [-0.2, 0) is 19.1 Å². The van der Waals surface area contributed by atoms with Gasteiger partial charge in [-0.1, -0.05) is 53.6 Å². The Kier molecular flexibility index (Phi) is 12.4. The predicted molar refractivity (Wildman–Crippen MR) is 116 cm³/mol. The van der Waals surface area contributed by atoms with Crippen molar-refractivity contribution in [2.24, 2.45) is 11.1 Å². The highest BCUT2D eigenvalue weighted by atomic mass is 79.9. The molecule has 0 aromatic carbocycles. The second-order valence-electron chi connectivity index (χ2n) is 7.50. The molecule has 0 aliphatic carbocycles. The smallest absolute Gasteiger partial charge is 0.328 e. The van der Waals surface area contributed by atoms with Gasteiger partial charge in [0.2, 0.25) is 11.8 Å². The Hall–Kier alpha value is -1.89. The maximum Gasteiger partial charge on any atom is 0.328 e. The minimum Gasteiger partial charge on any atom is -0.467 e. The van der Waals surface area contributed by atoms with Crippen LogP contribution in [0.2, 0.25) is 0 Å². The number of amides is 2. The van der Waals surface area contributed by atoms with E-state index >= 15 is 0 Å². The second kappa shape index (κ2) is 13.3. The van der Waals surface area contributed by atoms with Gasteiger partial charge in [-0.3, -0.25) is 9.59 Å². The topological polar surface area (TPSA) is 98.5 Å². The zero-order valence-electron chi connectivity index (χ0n) is 17.5. The summed E-state index contributed by atoms with van der Waals surface area (Å²) in [6.45, 7) is 8.18. The highest BCUT2D eigenvalue weighted by Crippen LogP contribution is 2.24. The van der Waals surface area contributed by atoms with Crippen molar-refractivity contribution in [3.05, 3.63) is 34.4 Å². The van der Waals surface area contributed by atoms with E-state index in [9.17, 15) is 14.4 Å². The third-order valence-corrected chi connectivity index (χ3v) is 4.43. The van der Waals surface area contributed by atoms with Crippen LogP contribution < -0.4 is 11.1 Å². The summed E-state index contributed by atoms with van der Waals surface area (Å²) in [7, 11) is 1.23. The summed E-state index contributed by atoms with van der Waals surface area (Å²) >= 11 is 3.42. The van der Waals surface area contributed by atoms with E-state index in [1.165, 1.54) is 18.8 Å². The summed E-state index contributed by atoms with van der Waals surface area (Å²) in [5.41, 5.74) is 6.19. The van der Waals surface area contributed by atoms with Crippen LogP contribution in [-0.4, -0.2) is 30.9 Å². The van der Waals surface area contributed by atoms with Crippen LogP contribution in [0, 0.1) is 5.41 Å². The van der Waals surface area contributed by atoms with E-state index in [1.807, 2.05) is 26.8 Å². The molecule has 0 aliphatic heterocycles. The van der Waals surface area contributed by atoms with E-state index in [2.05, 4.69) is 45.1 Å². The number of nitrogens with two attached hydrogens (primary N) is 1. The van der Waals surface area contributed by atoms with E-state index in [0.717, 1.165) is 23.7 Å². The lowest BCUT2D eigenvalue weighted by Crippen LogP contribution is -2.41. The van der Waals surface area contributed by atoms with Gasteiger partial charge in [0.1, 0.15) is 6.04 Å². The molecule has 0 radical (unpaired) electrons. The lowest BCUT2D eigenvalue weighted by atomic mass is 9.87. The van der Waals surface area contributed by atoms with Crippen LogP contribution in [0.5, 0.6) is 0 Å². The first kappa shape index (κ1) is 26.1. The average Bonchev–Trinajstić information content (AvgIpc) is 2.60. The number of halogens is 1. The Balaban J connectivity index is 4.74. The normalized spacial score (nSPS) is 14.1. The second-order valence-corrected chi connectivity index (χ2v) is 8.75. The summed E-state index contributed by atoms with van der Waals surface area (Å²) in [6.07, 6.45) is 10.4. The summed E-state index contributed by atoms with van der Waals surface area (Å²) < 4.78 is 5.79. The van der Waals surface area contributed by atoms with E-state index in [1.54, 1.807) is 0 Å². The van der Waals surface area contributed by atoms with Crippen molar-refractivity contribution >= 4 is 33.7 Å². The molecule has 0 unspecified atom stereocenters. The third-order valence-electron chi connectivity index (χ3n) is 4.11. The highest BCUT2D eigenvalue weighted by Gasteiger charge is 2.21. The Bertz CT molecular complexity index is 632. The number of esters is 1. The summed E-state index contributed by atoms with van der Waals surface area (Å²) in [6, 6.07) is -0.897. The standard InChI is InChI=1S/C21H33BrN2O4/c1-15(7-6-8-16(2)22)11-13-21(3,4)14-12-19(26)24-17(20(27)28-5)9-10-18(23)25/h8,11-12,14,17H,6-7,9-10,13H2,1-5H3,(H2,23,25)(H,24,26)/b14-12+,15-11+,16-8+/t17-/m0/s1. The molecule has 0 bridgehead atoms. The molecule has 0 saturated heterocycles. The van der Waals surface area contributed by atoms with Gasteiger partial charge in [0, 0.05) is 6.42 Å². The fraction of sp³-hybridized carbons (Fsp3) is 0.571. The fourth-order valence-electron chi connectivity index (χ4n) is 2.31. The first-order chi connectivity index (χ1) is 13.0. The Labute approximate surface area is 176 Å². The minimum atomic E-state index is -0.897. The van der Waals surface area contributed by atoms with Crippen LogP contribution in [0.15, 0.2) is 34.4 Å².